The molecule has 0 radical (unpaired) electrons. The maximum atomic E-state index is 12.1. The molecular weight excluding hydrogens is 250 g/mol. The van der Waals surface area contributed by atoms with E-state index >= 15 is 0 Å². The lowest BCUT2D eigenvalue weighted by Gasteiger charge is -2.08. The highest BCUT2D eigenvalue weighted by Gasteiger charge is 2.11. The van der Waals surface area contributed by atoms with Gasteiger partial charge in [-0.05, 0) is 36.4 Å². The van der Waals surface area contributed by atoms with E-state index in [1.807, 2.05) is 0 Å². The summed E-state index contributed by atoms with van der Waals surface area (Å²) in [4.78, 5) is 16.1. The van der Waals surface area contributed by atoms with Gasteiger partial charge in [0.05, 0.1) is 5.56 Å². The average molecular weight is 262 g/mol. The quantitative estimate of drug-likeness (QED) is 0.893. The number of hydrogen-bond acceptors (Lipinski definition) is 3. The fraction of sp³-hybridized carbons (Fsp3) is 0.0769. The third-order valence-corrected chi connectivity index (χ3v) is 2.64. The van der Waals surface area contributed by atoms with Crippen molar-refractivity contribution >= 4 is 29.0 Å². The summed E-state index contributed by atoms with van der Waals surface area (Å²) in [5.41, 5.74) is 1.19. The summed E-state index contributed by atoms with van der Waals surface area (Å²) in [5.74, 6) is 0.332. The molecule has 2 rings (SSSR count). The monoisotopic (exact) mass is 261 g/mol. The van der Waals surface area contributed by atoms with Crippen LogP contribution in [0.2, 0.25) is 5.02 Å². The third-order valence-electron chi connectivity index (χ3n) is 2.39. The second kappa shape index (κ2) is 5.51. The first kappa shape index (κ1) is 12.4. The number of halogens is 1. The number of benzene rings is 1. The highest BCUT2D eigenvalue weighted by atomic mass is 35.5. The van der Waals surface area contributed by atoms with E-state index in [4.69, 9.17) is 11.6 Å². The molecule has 0 unspecified atom stereocenters. The summed E-state index contributed by atoms with van der Waals surface area (Å²) >= 11 is 5.78. The van der Waals surface area contributed by atoms with Crippen LogP contribution in [0, 0.1) is 0 Å². The summed E-state index contributed by atoms with van der Waals surface area (Å²) in [6.07, 6.45) is 1.63. The van der Waals surface area contributed by atoms with Crippen LogP contribution in [0.4, 0.5) is 11.5 Å². The molecule has 1 aromatic carbocycles. The van der Waals surface area contributed by atoms with Crippen LogP contribution in [-0.4, -0.2) is 17.9 Å². The van der Waals surface area contributed by atoms with Crippen LogP contribution in [-0.2, 0) is 0 Å². The molecule has 2 N–H and O–H groups in total. The van der Waals surface area contributed by atoms with Gasteiger partial charge >= 0.3 is 0 Å². The number of nitrogens with one attached hydrogen (secondary N) is 2. The molecule has 0 atom stereocenters. The zero-order chi connectivity index (χ0) is 13.0. The van der Waals surface area contributed by atoms with Gasteiger partial charge in [-0.2, -0.15) is 0 Å². The number of carbonyl (C=O) groups is 1. The molecule has 92 valence electrons. The summed E-state index contributed by atoms with van der Waals surface area (Å²) in [6, 6.07) is 10.4. The third kappa shape index (κ3) is 2.78. The Labute approximate surface area is 110 Å². The van der Waals surface area contributed by atoms with Crippen molar-refractivity contribution in [2.24, 2.45) is 0 Å². The first-order chi connectivity index (χ1) is 8.70. The second-order valence-corrected chi connectivity index (χ2v) is 4.05. The van der Waals surface area contributed by atoms with Gasteiger partial charge in [0.1, 0.15) is 5.82 Å². The van der Waals surface area contributed by atoms with Crippen molar-refractivity contribution in [1.82, 2.24) is 4.98 Å². The van der Waals surface area contributed by atoms with Crippen LogP contribution in [0.1, 0.15) is 10.4 Å². The van der Waals surface area contributed by atoms with E-state index in [0.717, 1.165) is 0 Å². The number of nitrogens with zero attached hydrogens (tertiary/aromatic N) is 1. The number of hydrogen-bond donors (Lipinski definition) is 2. The maximum Gasteiger partial charge on any atom is 0.259 e. The van der Waals surface area contributed by atoms with Gasteiger partial charge in [0.2, 0.25) is 0 Å². The van der Waals surface area contributed by atoms with Crippen molar-refractivity contribution in [3.05, 3.63) is 53.2 Å². The summed E-state index contributed by atoms with van der Waals surface area (Å²) < 4.78 is 0. The molecule has 18 heavy (non-hydrogen) atoms. The van der Waals surface area contributed by atoms with Gasteiger partial charge in [0, 0.05) is 24.0 Å². The normalized spacial score (nSPS) is 9.89. The predicted molar refractivity (Wildman–Crippen MR) is 73.2 cm³/mol. The lowest BCUT2D eigenvalue weighted by molar-refractivity contribution is 0.102. The number of aromatic nitrogens is 1. The van der Waals surface area contributed by atoms with Crippen LogP contribution in [0.5, 0.6) is 0 Å². The van der Waals surface area contributed by atoms with Crippen molar-refractivity contribution in [1.29, 1.82) is 0 Å². The fourth-order valence-corrected chi connectivity index (χ4v) is 1.65. The fourth-order valence-electron chi connectivity index (χ4n) is 1.52. The number of pyridine rings is 1. The van der Waals surface area contributed by atoms with Gasteiger partial charge in [-0.1, -0.05) is 11.6 Å². The molecule has 0 saturated carbocycles. The van der Waals surface area contributed by atoms with E-state index in [2.05, 4.69) is 15.6 Å². The number of anilines is 2. The minimum atomic E-state index is -0.213. The Hall–Kier alpha value is -2.07. The van der Waals surface area contributed by atoms with E-state index in [1.165, 1.54) is 0 Å². The smallest absolute Gasteiger partial charge is 0.259 e. The molecule has 4 nitrogen and oxygen atoms in total. The van der Waals surface area contributed by atoms with Crippen molar-refractivity contribution in [3.8, 4) is 0 Å². The zero-order valence-corrected chi connectivity index (χ0v) is 10.5. The van der Waals surface area contributed by atoms with Gasteiger partial charge in [0.25, 0.3) is 5.91 Å². The molecular formula is C13H12ClN3O. The minimum absolute atomic E-state index is 0.213. The Morgan fingerprint density at radius 1 is 1.22 bits per heavy atom. The zero-order valence-electron chi connectivity index (χ0n) is 9.77. The lowest BCUT2D eigenvalue weighted by Crippen LogP contribution is -2.14. The highest BCUT2D eigenvalue weighted by Crippen LogP contribution is 2.16. The molecule has 2 aromatic rings. The van der Waals surface area contributed by atoms with Gasteiger partial charge in [-0.25, -0.2) is 4.98 Å². The number of rotatable bonds is 3. The van der Waals surface area contributed by atoms with Crippen LogP contribution in [0.15, 0.2) is 42.6 Å². The Morgan fingerprint density at radius 2 is 1.94 bits per heavy atom. The summed E-state index contributed by atoms with van der Waals surface area (Å²) in [7, 11) is 1.72. The Morgan fingerprint density at radius 3 is 2.61 bits per heavy atom. The van der Waals surface area contributed by atoms with Crippen LogP contribution in [0.3, 0.4) is 0 Å². The minimum Gasteiger partial charge on any atom is -0.372 e. The average Bonchev–Trinajstić information content (AvgIpc) is 2.41. The molecule has 0 spiro atoms. The van der Waals surface area contributed by atoms with Crippen molar-refractivity contribution in [2.45, 2.75) is 0 Å². The topological polar surface area (TPSA) is 54.0 Å². The molecule has 0 aliphatic heterocycles. The molecule has 0 aliphatic carbocycles. The van der Waals surface area contributed by atoms with Crippen LogP contribution < -0.4 is 10.6 Å². The van der Waals surface area contributed by atoms with Gasteiger partial charge in [-0.15, -0.1) is 0 Å². The van der Waals surface area contributed by atoms with Crippen LogP contribution >= 0.6 is 11.6 Å². The summed E-state index contributed by atoms with van der Waals surface area (Å²) in [5, 5.41) is 6.29. The molecule has 1 aromatic heterocycles. The number of carbonyl (C=O) groups excluding carboxylic acids is 1. The molecule has 1 heterocycles. The predicted octanol–water partition coefficient (Wildman–Crippen LogP) is 3.03. The Balaban J connectivity index is 2.19. The molecule has 5 heteroatoms. The van der Waals surface area contributed by atoms with E-state index in [0.29, 0.717) is 22.1 Å². The van der Waals surface area contributed by atoms with Gasteiger partial charge in [-0.3, -0.25) is 4.79 Å². The molecule has 0 aliphatic rings. The van der Waals surface area contributed by atoms with E-state index in [-0.39, 0.29) is 5.91 Å². The first-order valence-corrected chi connectivity index (χ1v) is 5.78. The first-order valence-electron chi connectivity index (χ1n) is 5.40. The van der Waals surface area contributed by atoms with Crippen LogP contribution in [0.25, 0.3) is 0 Å². The Kier molecular flexibility index (Phi) is 3.79. The maximum absolute atomic E-state index is 12.1. The van der Waals surface area contributed by atoms with Gasteiger partial charge in [0.15, 0.2) is 0 Å². The van der Waals surface area contributed by atoms with E-state index in [1.54, 1.807) is 49.6 Å². The van der Waals surface area contributed by atoms with Crippen molar-refractivity contribution in [3.63, 3.8) is 0 Å². The summed E-state index contributed by atoms with van der Waals surface area (Å²) in [6.45, 7) is 0. The molecule has 0 fully saturated rings. The lowest BCUT2D eigenvalue weighted by atomic mass is 10.2. The molecule has 0 bridgehead atoms. The van der Waals surface area contributed by atoms with Crippen molar-refractivity contribution < 1.29 is 4.79 Å². The van der Waals surface area contributed by atoms with E-state index < -0.39 is 0 Å². The number of amides is 1. The SMILES string of the molecule is CNc1ncccc1C(=O)Nc1ccc(Cl)cc1. The second-order valence-electron chi connectivity index (χ2n) is 3.61. The van der Waals surface area contributed by atoms with Crippen molar-refractivity contribution in [2.75, 3.05) is 17.7 Å². The molecule has 0 saturated heterocycles. The molecule has 1 amide bonds. The van der Waals surface area contributed by atoms with Gasteiger partial charge < -0.3 is 10.6 Å². The van der Waals surface area contributed by atoms with E-state index in [9.17, 15) is 4.79 Å². The highest BCUT2D eigenvalue weighted by molar-refractivity contribution is 6.30. The Bertz CT molecular complexity index is 554. The largest absolute Gasteiger partial charge is 0.372 e. The standard InChI is InChI=1S/C13H12ClN3O/c1-15-12-11(3-2-8-16-12)13(18)17-10-6-4-9(14)5-7-10/h2-8H,1H3,(H,15,16)(H,17,18).